The molecular weight excluding hydrogens is 374 g/mol. The number of carbonyl (C=O) groups excluding carboxylic acids is 1. The number of benzene rings is 1. The average molecular weight is 408 g/mol. The molecule has 2 aliphatic rings. The van der Waals surface area contributed by atoms with E-state index in [1.807, 2.05) is 13.0 Å². The number of amides is 1. The summed E-state index contributed by atoms with van der Waals surface area (Å²) < 4.78 is 27.0. The maximum absolute atomic E-state index is 12.8. The van der Waals surface area contributed by atoms with Crippen molar-refractivity contribution >= 4 is 15.9 Å². The number of hydrogen-bond acceptors (Lipinski definition) is 4. The zero-order valence-electron chi connectivity index (χ0n) is 17.2. The van der Waals surface area contributed by atoms with Crippen molar-refractivity contribution in [3.05, 3.63) is 30.3 Å². The van der Waals surface area contributed by atoms with E-state index in [-0.39, 0.29) is 18.0 Å². The van der Waals surface area contributed by atoms with Gasteiger partial charge in [0.1, 0.15) is 0 Å². The zero-order valence-corrected chi connectivity index (χ0v) is 18.0. The van der Waals surface area contributed by atoms with Gasteiger partial charge in [-0.05, 0) is 37.3 Å². The third-order valence-corrected chi connectivity index (χ3v) is 8.53. The quantitative estimate of drug-likeness (QED) is 0.813. The van der Waals surface area contributed by atoms with Gasteiger partial charge in [0.2, 0.25) is 15.9 Å². The van der Waals surface area contributed by atoms with E-state index < -0.39 is 10.0 Å². The summed E-state index contributed by atoms with van der Waals surface area (Å²) in [5.74, 6) is 1.20. The highest BCUT2D eigenvalue weighted by atomic mass is 32.2. The lowest BCUT2D eigenvalue weighted by molar-refractivity contribution is -0.127. The van der Waals surface area contributed by atoms with Gasteiger partial charge in [0.25, 0.3) is 0 Å². The molecule has 4 atom stereocenters. The van der Waals surface area contributed by atoms with Crippen molar-refractivity contribution in [2.45, 2.75) is 57.0 Å². The molecule has 1 saturated heterocycles. The Bertz CT molecular complexity index is 760. The molecule has 1 amide bonds. The molecule has 156 valence electrons. The molecule has 0 aromatic heterocycles. The van der Waals surface area contributed by atoms with E-state index in [9.17, 15) is 13.2 Å². The van der Waals surface area contributed by atoms with Crippen LogP contribution < -0.4 is 5.32 Å². The molecule has 1 aromatic carbocycles. The van der Waals surface area contributed by atoms with Gasteiger partial charge in [0.15, 0.2) is 0 Å². The molecule has 1 aliphatic carbocycles. The normalized spacial score (nSPS) is 28.6. The van der Waals surface area contributed by atoms with E-state index in [1.54, 1.807) is 24.3 Å². The van der Waals surface area contributed by atoms with Crippen molar-refractivity contribution in [3.63, 3.8) is 0 Å². The Morgan fingerprint density at radius 2 is 1.71 bits per heavy atom. The first-order valence-electron chi connectivity index (χ1n) is 10.4. The molecule has 1 saturated carbocycles. The Morgan fingerprint density at radius 1 is 1.07 bits per heavy atom. The average Bonchev–Trinajstić information content (AvgIpc) is 2.71. The SMILES string of the molecule is C[C@H]1[C@@H](NC(=O)[C@@H](C)N2CCN(S(=O)(=O)c3ccccc3)CC2)CCC[C@@H]1C. The van der Waals surface area contributed by atoms with Crippen molar-refractivity contribution in [1.29, 1.82) is 0 Å². The van der Waals surface area contributed by atoms with Crippen LogP contribution in [0, 0.1) is 11.8 Å². The molecule has 1 heterocycles. The topological polar surface area (TPSA) is 69.7 Å². The van der Waals surface area contributed by atoms with E-state index in [2.05, 4.69) is 24.1 Å². The minimum Gasteiger partial charge on any atom is -0.352 e. The van der Waals surface area contributed by atoms with Crippen LogP contribution in [0.4, 0.5) is 0 Å². The van der Waals surface area contributed by atoms with Crippen LogP contribution in [0.3, 0.4) is 0 Å². The second-order valence-electron chi connectivity index (χ2n) is 8.31. The predicted molar refractivity (Wildman–Crippen MR) is 110 cm³/mol. The van der Waals surface area contributed by atoms with Gasteiger partial charge < -0.3 is 5.32 Å². The van der Waals surface area contributed by atoms with Crippen LogP contribution >= 0.6 is 0 Å². The van der Waals surface area contributed by atoms with E-state index in [0.717, 1.165) is 6.42 Å². The van der Waals surface area contributed by atoms with Crippen molar-refractivity contribution in [3.8, 4) is 0 Å². The van der Waals surface area contributed by atoms with Crippen LogP contribution in [-0.4, -0.2) is 61.8 Å². The molecule has 2 fully saturated rings. The lowest BCUT2D eigenvalue weighted by Gasteiger charge is -2.39. The molecule has 6 nitrogen and oxygen atoms in total. The summed E-state index contributed by atoms with van der Waals surface area (Å²) >= 11 is 0. The number of nitrogens with zero attached hydrogens (tertiary/aromatic N) is 2. The number of sulfonamides is 1. The summed E-state index contributed by atoms with van der Waals surface area (Å²) in [6.07, 6.45) is 3.45. The minimum atomic E-state index is -3.46. The Labute approximate surface area is 169 Å². The first-order valence-corrected chi connectivity index (χ1v) is 11.8. The van der Waals surface area contributed by atoms with Gasteiger partial charge in [-0.15, -0.1) is 0 Å². The Hall–Kier alpha value is -1.44. The monoisotopic (exact) mass is 407 g/mol. The molecule has 1 N–H and O–H groups in total. The second-order valence-corrected chi connectivity index (χ2v) is 10.2. The lowest BCUT2D eigenvalue weighted by Crippen LogP contribution is -2.56. The summed E-state index contributed by atoms with van der Waals surface area (Å²) in [5, 5.41) is 3.25. The van der Waals surface area contributed by atoms with Gasteiger partial charge in [-0.1, -0.05) is 44.9 Å². The van der Waals surface area contributed by atoms with Gasteiger partial charge in [-0.25, -0.2) is 8.42 Å². The fourth-order valence-corrected chi connectivity index (χ4v) is 5.77. The first-order chi connectivity index (χ1) is 13.3. The van der Waals surface area contributed by atoms with E-state index in [0.29, 0.717) is 42.9 Å². The molecule has 3 rings (SSSR count). The molecule has 0 radical (unpaired) electrons. The molecule has 0 unspecified atom stereocenters. The Morgan fingerprint density at radius 3 is 2.36 bits per heavy atom. The first kappa shape index (κ1) is 21.3. The summed E-state index contributed by atoms with van der Waals surface area (Å²) in [6.45, 7) is 8.37. The summed E-state index contributed by atoms with van der Waals surface area (Å²) in [4.78, 5) is 15.2. The fraction of sp³-hybridized carbons (Fsp3) is 0.667. The Balaban J connectivity index is 1.55. The third kappa shape index (κ3) is 4.58. The van der Waals surface area contributed by atoms with Crippen LogP contribution in [0.5, 0.6) is 0 Å². The molecule has 1 aliphatic heterocycles. The number of carbonyl (C=O) groups is 1. The smallest absolute Gasteiger partial charge is 0.243 e. The maximum Gasteiger partial charge on any atom is 0.243 e. The van der Waals surface area contributed by atoms with Crippen LogP contribution in [0.1, 0.15) is 40.0 Å². The number of nitrogens with one attached hydrogen (secondary N) is 1. The number of piperazine rings is 1. The van der Waals surface area contributed by atoms with Gasteiger partial charge >= 0.3 is 0 Å². The van der Waals surface area contributed by atoms with Crippen molar-refractivity contribution in [2.24, 2.45) is 11.8 Å². The Kier molecular flexibility index (Phi) is 6.78. The number of hydrogen-bond donors (Lipinski definition) is 1. The molecule has 7 heteroatoms. The van der Waals surface area contributed by atoms with Crippen molar-refractivity contribution < 1.29 is 13.2 Å². The maximum atomic E-state index is 12.8. The van der Waals surface area contributed by atoms with Gasteiger partial charge in [-0.2, -0.15) is 4.31 Å². The summed E-state index contributed by atoms with van der Waals surface area (Å²) in [6, 6.07) is 8.55. The molecule has 28 heavy (non-hydrogen) atoms. The molecule has 0 bridgehead atoms. The standard InChI is InChI=1S/C21H33N3O3S/c1-16-8-7-11-20(17(16)2)22-21(25)18(3)23-12-14-24(15-13-23)28(26,27)19-9-5-4-6-10-19/h4-6,9-10,16-18,20H,7-8,11-15H2,1-3H3,(H,22,25)/t16-,17+,18+,20-/m0/s1. The van der Waals surface area contributed by atoms with Crippen LogP contribution in [0.15, 0.2) is 35.2 Å². The van der Waals surface area contributed by atoms with Crippen LogP contribution in [0.2, 0.25) is 0 Å². The molecular formula is C21H33N3O3S. The summed E-state index contributed by atoms with van der Waals surface area (Å²) in [7, 11) is -3.46. The van der Waals surface area contributed by atoms with Crippen molar-refractivity contribution in [2.75, 3.05) is 26.2 Å². The highest BCUT2D eigenvalue weighted by Gasteiger charge is 2.34. The molecule has 0 spiro atoms. The molecule has 1 aromatic rings. The van der Waals surface area contributed by atoms with Crippen LogP contribution in [-0.2, 0) is 14.8 Å². The fourth-order valence-electron chi connectivity index (χ4n) is 4.33. The second kappa shape index (κ2) is 8.93. The predicted octanol–water partition coefficient (Wildman–Crippen LogP) is 2.32. The highest BCUT2D eigenvalue weighted by molar-refractivity contribution is 7.89. The number of rotatable bonds is 5. The van der Waals surface area contributed by atoms with Gasteiger partial charge in [-0.3, -0.25) is 9.69 Å². The lowest BCUT2D eigenvalue weighted by atomic mass is 9.78. The van der Waals surface area contributed by atoms with Crippen LogP contribution in [0.25, 0.3) is 0 Å². The van der Waals surface area contributed by atoms with Gasteiger partial charge in [0, 0.05) is 32.2 Å². The third-order valence-electron chi connectivity index (χ3n) is 6.62. The van der Waals surface area contributed by atoms with E-state index in [4.69, 9.17) is 0 Å². The summed E-state index contributed by atoms with van der Waals surface area (Å²) in [5.41, 5.74) is 0. The van der Waals surface area contributed by atoms with E-state index >= 15 is 0 Å². The van der Waals surface area contributed by atoms with Gasteiger partial charge in [0.05, 0.1) is 10.9 Å². The zero-order chi connectivity index (χ0) is 20.3. The van der Waals surface area contributed by atoms with E-state index in [1.165, 1.54) is 17.1 Å². The minimum absolute atomic E-state index is 0.0605. The van der Waals surface area contributed by atoms with Crippen molar-refractivity contribution in [1.82, 2.24) is 14.5 Å². The highest BCUT2D eigenvalue weighted by Crippen LogP contribution is 2.29. The largest absolute Gasteiger partial charge is 0.352 e.